The maximum atomic E-state index is 12.8. The summed E-state index contributed by atoms with van der Waals surface area (Å²) in [6.45, 7) is 3.80. The Hall–Kier alpha value is -2.34. The number of fused-ring (bicyclic) bond motifs is 1. The SMILES string of the molecule is Cc1ccc(C(=O)NC(C)c2ccc3c(c2)CCCC3)cc1N(C)S(C)(=O)=O. The van der Waals surface area contributed by atoms with Crippen molar-refractivity contribution < 1.29 is 13.2 Å². The van der Waals surface area contributed by atoms with Crippen molar-refractivity contribution in [1.29, 1.82) is 0 Å². The Kier molecular flexibility index (Phi) is 5.79. The molecule has 0 bridgehead atoms. The molecule has 0 heterocycles. The van der Waals surface area contributed by atoms with E-state index in [1.54, 1.807) is 18.2 Å². The van der Waals surface area contributed by atoms with Crippen LogP contribution in [0.15, 0.2) is 36.4 Å². The number of hydrogen-bond acceptors (Lipinski definition) is 3. The number of aryl methyl sites for hydroxylation is 3. The third-order valence-electron chi connectivity index (χ3n) is 5.53. The van der Waals surface area contributed by atoms with Gasteiger partial charge in [0.05, 0.1) is 18.0 Å². The molecule has 150 valence electrons. The lowest BCUT2D eigenvalue weighted by molar-refractivity contribution is 0.0940. The maximum Gasteiger partial charge on any atom is 0.251 e. The van der Waals surface area contributed by atoms with Gasteiger partial charge in [0, 0.05) is 12.6 Å². The molecule has 0 aromatic heterocycles. The molecule has 0 radical (unpaired) electrons. The van der Waals surface area contributed by atoms with Gasteiger partial charge in [-0.3, -0.25) is 9.10 Å². The standard InChI is InChI=1S/C22H28N2O3S/c1-15-9-10-20(14-21(15)24(3)28(4,26)27)22(25)23-16(2)18-12-11-17-7-5-6-8-19(17)13-18/h9-14,16H,5-8H2,1-4H3,(H,23,25). The van der Waals surface area contributed by atoms with Crippen LogP contribution in [0.5, 0.6) is 0 Å². The zero-order valence-electron chi connectivity index (χ0n) is 17.0. The average Bonchev–Trinajstić information content (AvgIpc) is 2.66. The molecule has 1 atom stereocenters. The molecule has 0 saturated carbocycles. The molecule has 0 spiro atoms. The highest BCUT2D eigenvalue weighted by molar-refractivity contribution is 7.92. The van der Waals surface area contributed by atoms with Gasteiger partial charge in [-0.1, -0.05) is 24.3 Å². The van der Waals surface area contributed by atoms with E-state index in [1.807, 2.05) is 13.8 Å². The molecule has 1 aliphatic rings. The van der Waals surface area contributed by atoms with E-state index in [-0.39, 0.29) is 11.9 Å². The predicted molar refractivity (Wildman–Crippen MR) is 113 cm³/mol. The fourth-order valence-corrected chi connectivity index (χ4v) is 4.21. The van der Waals surface area contributed by atoms with Crippen LogP contribution in [0.4, 0.5) is 5.69 Å². The topological polar surface area (TPSA) is 66.5 Å². The summed E-state index contributed by atoms with van der Waals surface area (Å²) in [5, 5.41) is 3.04. The normalized spacial score (nSPS) is 14.9. The van der Waals surface area contributed by atoms with E-state index in [2.05, 4.69) is 23.5 Å². The molecule has 1 unspecified atom stereocenters. The van der Waals surface area contributed by atoms with Crippen LogP contribution >= 0.6 is 0 Å². The summed E-state index contributed by atoms with van der Waals surface area (Å²) >= 11 is 0. The van der Waals surface area contributed by atoms with Crippen LogP contribution in [-0.4, -0.2) is 27.6 Å². The number of benzene rings is 2. The molecule has 0 fully saturated rings. The van der Waals surface area contributed by atoms with E-state index in [4.69, 9.17) is 0 Å². The van der Waals surface area contributed by atoms with Crippen LogP contribution < -0.4 is 9.62 Å². The quantitative estimate of drug-likeness (QED) is 0.831. The number of carbonyl (C=O) groups excluding carboxylic acids is 1. The third kappa shape index (κ3) is 4.38. The Morgan fingerprint density at radius 2 is 1.75 bits per heavy atom. The Bertz CT molecular complexity index is 999. The van der Waals surface area contributed by atoms with Gasteiger partial charge in [0.25, 0.3) is 5.91 Å². The molecule has 2 aromatic rings. The molecular formula is C22H28N2O3S. The molecule has 1 amide bonds. The molecule has 0 aliphatic heterocycles. The largest absolute Gasteiger partial charge is 0.346 e. The van der Waals surface area contributed by atoms with Gasteiger partial charge >= 0.3 is 0 Å². The lowest BCUT2D eigenvalue weighted by atomic mass is 9.89. The lowest BCUT2D eigenvalue weighted by Crippen LogP contribution is -2.28. The van der Waals surface area contributed by atoms with Gasteiger partial charge in [-0.25, -0.2) is 8.42 Å². The van der Waals surface area contributed by atoms with Crippen LogP contribution in [0.2, 0.25) is 0 Å². The van der Waals surface area contributed by atoms with Crippen molar-refractivity contribution >= 4 is 21.6 Å². The fraction of sp³-hybridized carbons (Fsp3) is 0.409. The highest BCUT2D eigenvalue weighted by Crippen LogP contribution is 2.26. The first kappa shape index (κ1) is 20.4. The van der Waals surface area contributed by atoms with Gasteiger partial charge < -0.3 is 5.32 Å². The zero-order chi connectivity index (χ0) is 20.5. The fourth-order valence-electron chi connectivity index (χ4n) is 3.65. The van der Waals surface area contributed by atoms with Crippen molar-refractivity contribution in [3.63, 3.8) is 0 Å². The second kappa shape index (κ2) is 7.95. The number of carbonyl (C=O) groups is 1. The van der Waals surface area contributed by atoms with Gasteiger partial charge in [0.15, 0.2) is 0 Å². The van der Waals surface area contributed by atoms with Crippen molar-refractivity contribution in [2.24, 2.45) is 0 Å². The molecule has 1 N–H and O–H groups in total. The number of rotatable bonds is 5. The summed E-state index contributed by atoms with van der Waals surface area (Å²) in [7, 11) is -1.90. The van der Waals surface area contributed by atoms with Crippen molar-refractivity contribution in [3.8, 4) is 0 Å². The molecule has 2 aromatic carbocycles. The van der Waals surface area contributed by atoms with Crippen molar-refractivity contribution in [2.45, 2.75) is 45.6 Å². The first-order chi connectivity index (χ1) is 13.2. The van der Waals surface area contributed by atoms with E-state index in [0.29, 0.717) is 11.3 Å². The Labute approximate surface area is 167 Å². The monoisotopic (exact) mass is 400 g/mol. The summed E-state index contributed by atoms with van der Waals surface area (Å²) in [5.41, 5.74) is 5.65. The number of nitrogens with zero attached hydrogens (tertiary/aromatic N) is 1. The average molecular weight is 401 g/mol. The summed E-state index contributed by atoms with van der Waals surface area (Å²) in [6.07, 6.45) is 5.85. The van der Waals surface area contributed by atoms with Crippen molar-refractivity contribution in [3.05, 3.63) is 64.2 Å². The lowest BCUT2D eigenvalue weighted by Gasteiger charge is -2.21. The van der Waals surface area contributed by atoms with Gasteiger partial charge in [-0.2, -0.15) is 0 Å². The van der Waals surface area contributed by atoms with Crippen LogP contribution in [0.3, 0.4) is 0 Å². The number of amides is 1. The second-order valence-corrected chi connectivity index (χ2v) is 9.68. The molecule has 1 aliphatic carbocycles. The van der Waals surface area contributed by atoms with E-state index in [9.17, 15) is 13.2 Å². The minimum absolute atomic E-state index is 0.128. The summed E-state index contributed by atoms with van der Waals surface area (Å²) in [4.78, 5) is 12.8. The molecule has 5 nitrogen and oxygen atoms in total. The first-order valence-corrected chi connectivity index (χ1v) is 11.5. The second-order valence-electron chi connectivity index (χ2n) is 7.66. The molecule has 6 heteroatoms. The van der Waals surface area contributed by atoms with Crippen molar-refractivity contribution in [1.82, 2.24) is 5.32 Å². The number of nitrogens with one attached hydrogen (secondary N) is 1. The summed E-state index contributed by atoms with van der Waals surface area (Å²) < 4.78 is 24.9. The minimum Gasteiger partial charge on any atom is -0.346 e. The van der Waals surface area contributed by atoms with E-state index in [0.717, 1.165) is 30.2 Å². The number of sulfonamides is 1. The summed E-state index contributed by atoms with van der Waals surface area (Å²) in [5.74, 6) is -0.214. The van der Waals surface area contributed by atoms with Crippen LogP contribution in [-0.2, 0) is 22.9 Å². The van der Waals surface area contributed by atoms with Gasteiger partial charge in [-0.05, 0) is 73.9 Å². The Balaban J connectivity index is 1.79. The molecule has 3 rings (SSSR count). The maximum absolute atomic E-state index is 12.8. The van der Waals surface area contributed by atoms with Gasteiger partial charge in [-0.15, -0.1) is 0 Å². The highest BCUT2D eigenvalue weighted by atomic mass is 32.2. The van der Waals surface area contributed by atoms with Crippen LogP contribution in [0.1, 0.15) is 58.4 Å². The smallest absolute Gasteiger partial charge is 0.251 e. The van der Waals surface area contributed by atoms with Crippen molar-refractivity contribution in [2.75, 3.05) is 17.6 Å². The van der Waals surface area contributed by atoms with E-state index in [1.165, 1.54) is 35.3 Å². The Morgan fingerprint density at radius 3 is 2.43 bits per heavy atom. The minimum atomic E-state index is -3.39. The van der Waals surface area contributed by atoms with E-state index >= 15 is 0 Å². The molecular weight excluding hydrogens is 372 g/mol. The third-order valence-corrected chi connectivity index (χ3v) is 6.72. The number of anilines is 1. The van der Waals surface area contributed by atoms with Crippen LogP contribution in [0.25, 0.3) is 0 Å². The molecule has 28 heavy (non-hydrogen) atoms. The summed E-state index contributed by atoms with van der Waals surface area (Å²) in [6, 6.07) is 11.5. The van der Waals surface area contributed by atoms with Crippen LogP contribution in [0, 0.1) is 6.92 Å². The van der Waals surface area contributed by atoms with E-state index < -0.39 is 10.0 Å². The highest BCUT2D eigenvalue weighted by Gasteiger charge is 2.18. The first-order valence-electron chi connectivity index (χ1n) is 9.64. The van der Waals surface area contributed by atoms with Gasteiger partial charge in [0.2, 0.25) is 10.0 Å². The molecule has 0 saturated heterocycles. The zero-order valence-corrected chi connectivity index (χ0v) is 17.8. The Morgan fingerprint density at radius 1 is 1.07 bits per heavy atom. The number of hydrogen-bond donors (Lipinski definition) is 1. The predicted octanol–water partition coefficient (Wildman–Crippen LogP) is 3.76. The van der Waals surface area contributed by atoms with Gasteiger partial charge in [0.1, 0.15) is 0 Å².